The highest BCUT2D eigenvalue weighted by Gasteiger charge is 2.11. The molecule has 6 heteroatoms. The molecule has 4 N–H and O–H groups in total. The van der Waals surface area contributed by atoms with E-state index in [4.69, 9.17) is 17.4 Å². The molecule has 2 rings (SSSR count). The lowest BCUT2D eigenvalue weighted by molar-refractivity contribution is 0.102. The van der Waals surface area contributed by atoms with Crippen molar-refractivity contribution in [1.29, 1.82) is 0 Å². The average Bonchev–Trinajstić information content (AvgIpc) is 2.43. The summed E-state index contributed by atoms with van der Waals surface area (Å²) in [7, 11) is 0. The van der Waals surface area contributed by atoms with E-state index in [0.717, 1.165) is 5.56 Å². The molecule has 0 radical (unpaired) electrons. The van der Waals surface area contributed by atoms with Gasteiger partial charge in [-0.1, -0.05) is 23.7 Å². The van der Waals surface area contributed by atoms with Gasteiger partial charge in [-0.2, -0.15) is 0 Å². The van der Waals surface area contributed by atoms with E-state index in [0.29, 0.717) is 27.8 Å². The number of hydrogen-bond donors (Lipinski definition) is 3. The maximum Gasteiger partial charge on any atom is 0.255 e. The molecule has 1 aromatic carbocycles. The van der Waals surface area contributed by atoms with Crippen molar-refractivity contribution >= 4 is 29.0 Å². The summed E-state index contributed by atoms with van der Waals surface area (Å²) in [5.41, 5.74) is 5.07. The highest BCUT2D eigenvalue weighted by Crippen LogP contribution is 2.25. The highest BCUT2D eigenvalue weighted by atomic mass is 35.5. The van der Waals surface area contributed by atoms with Gasteiger partial charge in [-0.05, 0) is 37.6 Å². The number of nitrogens with two attached hydrogens (primary N) is 1. The molecule has 1 aromatic heterocycles. The summed E-state index contributed by atoms with van der Waals surface area (Å²) in [5, 5.41) is 3.31. The van der Waals surface area contributed by atoms with Crippen LogP contribution in [-0.2, 0) is 0 Å². The van der Waals surface area contributed by atoms with Crippen molar-refractivity contribution in [3.63, 3.8) is 0 Å². The normalized spacial score (nSPS) is 10.2. The molecule has 0 unspecified atom stereocenters. The number of amides is 1. The van der Waals surface area contributed by atoms with Gasteiger partial charge in [-0.3, -0.25) is 4.79 Å². The zero-order chi connectivity index (χ0) is 14.7. The maximum absolute atomic E-state index is 12.2. The second kappa shape index (κ2) is 5.90. The second-order valence-corrected chi connectivity index (χ2v) is 4.80. The largest absolute Gasteiger partial charge is 0.321 e. The zero-order valence-electron chi connectivity index (χ0n) is 11.2. The number of aromatic nitrogens is 1. The third kappa shape index (κ3) is 3.07. The van der Waals surface area contributed by atoms with Gasteiger partial charge in [0.15, 0.2) is 0 Å². The SMILES string of the molecule is Cc1cc(C(=O)Nc2cccc(C)c2Cl)cc(NN)n1. The Bertz CT molecular complexity index is 658. The third-order valence-electron chi connectivity index (χ3n) is 2.80. The minimum absolute atomic E-state index is 0.264. The summed E-state index contributed by atoms with van der Waals surface area (Å²) in [4.78, 5) is 16.4. The van der Waals surface area contributed by atoms with E-state index in [9.17, 15) is 4.79 Å². The van der Waals surface area contributed by atoms with Crippen molar-refractivity contribution in [2.75, 3.05) is 10.7 Å². The lowest BCUT2D eigenvalue weighted by Crippen LogP contribution is -2.15. The predicted molar refractivity (Wildman–Crippen MR) is 80.9 cm³/mol. The molecule has 1 amide bonds. The molecular weight excluding hydrogens is 276 g/mol. The Morgan fingerprint density at radius 2 is 2.05 bits per heavy atom. The van der Waals surface area contributed by atoms with Crippen molar-refractivity contribution in [2.45, 2.75) is 13.8 Å². The maximum atomic E-state index is 12.2. The van der Waals surface area contributed by atoms with Gasteiger partial charge in [0.25, 0.3) is 5.91 Å². The van der Waals surface area contributed by atoms with Crippen LogP contribution in [0.1, 0.15) is 21.6 Å². The van der Waals surface area contributed by atoms with Crippen LogP contribution in [0.25, 0.3) is 0 Å². The number of aryl methyl sites for hydroxylation is 2. The number of nitrogens with one attached hydrogen (secondary N) is 2. The quantitative estimate of drug-likeness (QED) is 0.600. The van der Waals surface area contributed by atoms with Gasteiger partial charge in [0.1, 0.15) is 5.82 Å². The van der Waals surface area contributed by atoms with E-state index < -0.39 is 0 Å². The number of carbonyl (C=O) groups excluding carboxylic acids is 1. The number of nitrogens with zero attached hydrogens (tertiary/aromatic N) is 1. The molecule has 0 aliphatic heterocycles. The van der Waals surface area contributed by atoms with E-state index in [1.54, 1.807) is 25.1 Å². The van der Waals surface area contributed by atoms with E-state index in [-0.39, 0.29) is 5.91 Å². The average molecular weight is 291 g/mol. The van der Waals surface area contributed by atoms with Gasteiger partial charge in [0, 0.05) is 11.3 Å². The second-order valence-electron chi connectivity index (χ2n) is 4.42. The summed E-state index contributed by atoms with van der Waals surface area (Å²) in [5.74, 6) is 5.49. The van der Waals surface area contributed by atoms with E-state index in [1.165, 1.54) is 0 Å². The van der Waals surface area contributed by atoms with E-state index >= 15 is 0 Å². The van der Waals surface area contributed by atoms with Gasteiger partial charge in [-0.25, -0.2) is 10.8 Å². The minimum Gasteiger partial charge on any atom is -0.321 e. The van der Waals surface area contributed by atoms with E-state index in [1.807, 2.05) is 19.1 Å². The number of carbonyl (C=O) groups is 1. The van der Waals surface area contributed by atoms with Crippen LogP contribution in [0.2, 0.25) is 5.02 Å². The fourth-order valence-electron chi connectivity index (χ4n) is 1.81. The number of benzene rings is 1. The lowest BCUT2D eigenvalue weighted by Gasteiger charge is -2.10. The first-order valence-corrected chi connectivity index (χ1v) is 6.41. The van der Waals surface area contributed by atoms with Crippen LogP contribution in [-0.4, -0.2) is 10.9 Å². The Morgan fingerprint density at radius 3 is 2.75 bits per heavy atom. The Labute approximate surface area is 122 Å². The summed E-state index contributed by atoms with van der Waals surface area (Å²) in [6.07, 6.45) is 0. The Kier molecular flexibility index (Phi) is 4.22. The van der Waals surface area contributed by atoms with Crippen molar-refractivity contribution < 1.29 is 4.79 Å². The molecule has 0 spiro atoms. The fraction of sp³-hybridized carbons (Fsp3) is 0.143. The number of anilines is 2. The van der Waals surface area contributed by atoms with Crippen molar-refractivity contribution in [2.24, 2.45) is 5.84 Å². The first kappa shape index (κ1) is 14.3. The number of hydrogen-bond acceptors (Lipinski definition) is 4. The number of halogens is 1. The molecule has 0 saturated heterocycles. The standard InChI is InChI=1S/C14H15ClN4O/c1-8-4-3-5-11(13(8)15)18-14(20)10-6-9(2)17-12(7-10)19-16/h3-7H,16H2,1-2H3,(H,17,19)(H,18,20). The summed E-state index contributed by atoms with van der Waals surface area (Å²) in [6.45, 7) is 3.67. The van der Waals surface area contributed by atoms with Crippen LogP contribution in [0.4, 0.5) is 11.5 Å². The predicted octanol–water partition coefficient (Wildman–Crippen LogP) is 2.89. The molecule has 2 aromatic rings. The first-order chi connectivity index (χ1) is 9.51. The Morgan fingerprint density at radius 1 is 1.30 bits per heavy atom. The smallest absolute Gasteiger partial charge is 0.255 e. The van der Waals surface area contributed by atoms with Crippen molar-refractivity contribution in [3.8, 4) is 0 Å². The van der Waals surface area contributed by atoms with Gasteiger partial charge < -0.3 is 10.7 Å². The van der Waals surface area contributed by atoms with E-state index in [2.05, 4.69) is 15.7 Å². The molecule has 0 atom stereocenters. The highest BCUT2D eigenvalue weighted by molar-refractivity contribution is 6.34. The number of nitrogen functional groups attached to an aromatic ring is 1. The topological polar surface area (TPSA) is 80.0 Å². The van der Waals surface area contributed by atoms with Crippen LogP contribution in [0.3, 0.4) is 0 Å². The van der Waals surface area contributed by atoms with Crippen LogP contribution in [0.15, 0.2) is 30.3 Å². The Hall–Kier alpha value is -2.11. The molecule has 5 nitrogen and oxygen atoms in total. The summed E-state index contributed by atoms with van der Waals surface area (Å²) < 4.78 is 0. The van der Waals surface area contributed by atoms with Gasteiger partial charge >= 0.3 is 0 Å². The van der Waals surface area contributed by atoms with Crippen molar-refractivity contribution in [3.05, 3.63) is 52.2 Å². The number of pyridine rings is 1. The fourth-order valence-corrected chi connectivity index (χ4v) is 1.99. The molecule has 20 heavy (non-hydrogen) atoms. The number of hydrazine groups is 1. The third-order valence-corrected chi connectivity index (χ3v) is 3.31. The molecule has 0 bridgehead atoms. The van der Waals surface area contributed by atoms with Crippen LogP contribution >= 0.6 is 11.6 Å². The Balaban J connectivity index is 2.28. The van der Waals surface area contributed by atoms with Crippen LogP contribution in [0, 0.1) is 13.8 Å². The number of rotatable bonds is 3. The molecule has 1 heterocycles. The molecule has 0 fully saturated rings. The molecule has 104 valence electrons. The summed E-state index contributed by atoms with van der Waals surface area (Å²) >= 11 is 6.16. The zero-order valence-corrected chi connectivity index (χ0v) is 12.0. The van der Waals surface area contributed by atoms with Crippen LogP contribution in [0.5, 0.6) is 0 Å². The molecule has 0 aliphatic rings. The minimum atomic E-state index is -0.264. The molecule has 0 aliphatic carbocycles. The molecular formula is C14H15ClN4O. The van der Waals surface area contributed by atoms with Crippen molar-refractivity contribution in [1.82, 2.24) is 4.98 Å². The van der Waals surface area contributed by atoms with Gasteiger partial charge in [0.05, 0.1) is 10.7 Å². The molecule has 0 saturated carbocycles. The first-order valence-electron chi connectivity index (χ1n) is 6.03. The lowest BCUT2D eigenvalue weighted by atomic mass is 10.2. The van der Waals surface area contributed by atoms with Gasteiger partial charge in [-0.15, -0.1) is 0 Å². The van der Waals surface area contributed by atoms with Gasteiger partial charge in [0.2, 0.25) is 0 Å². The van der Waals surface area contributed by atoms with Crippen LogP contribution < -0.4 is 16.6 Å². The monoisotopic (exact) mass is 290 g/mol. The summed E-state index contributed by atoms with van der Waals surface area (Å²) in [6, 6.07) is 8.72.